The molecule has 0 bridgehead atoms. The zero-order chi connectivity index (χ0) is 12.6. The molecule has 17 heavy (non-hydrogen) atoms. The number of benzene rings is 1. The van der Waals surface area contributed by atoms with E-state index in [1.807, 2.05) is 13.8 Å². The number of hydrogen-bond acceptors (Lipinski definition) is 4. The van der Waals surface area contributed by atoms with Crippen molar-refractivity contribution >= 4 is 17.3 Å². The number of rotatable bonds is 2. The van der Waals surface area contributed by atoms with Gasteiger partial charge >= 0.3 is 0 Å². The normalized spacial score (nSPS) is 15.5. The molecule has 5 nitrogen and oxygen atoms in total. The van der Waals surface area contributed by atoms with Gasteiger partial charge in [-0.15, -0.1) is 0 Å². The van der Waals surface area contributed by atoms with Crippen LogP contribution in [0.4, 0.5) is 11.4 Å². The second-order valence-electron chi connectivity index (χ2n) is 4.98. The van der Waals surface area contributed by atoms with Crippen molar-refractivity contribution in [1.29, 1.82) is 0 Å². The summed E-state index contributed by atoms with van der Waals surface area (Å²) in [6.07, 6.45) is 0. The summed E-state index contributed by atoms with van der Waals surface area (Å²) >= 11 is 0. The first-order valence-corrected chi connectivity index (χ1v) is 5.48. The molecule has 5 heteroatoms. The Kier molecular flexibility index (Phi) is 2.71. The van der Waals surface area contributed by atoms with E-state index in [4.69, 9.17) is 16.2 Å². The SMILES string of the molecule is CC(C)(N)CN1C(=O)COc2ccc(N)cc21. The van der Waals surface area contributed by atoms with E-state index in [-0.39, 0.29) is 12.5 Å². The molecule has 1 aliphatic rings. The summed E-state index contributed by atoms with van der Waals surface area (Å²) in [6.45, 7) is 4.24. The summed E-state index contributed by atoms with van der Waals surface area (Å²) in [6, 6.07) is 5.26. The third-order valence-electron chi connectivity index (χ3n) is 2.49. The van der Waals surface area contributed by atoms with Gasteiger partial charge in [-0.1, -0.05) is 0 Å². The van der Waals surface area contributed by atoms with Gasteiger partial charge in [0.05, 0.1) is 5.69 Å². The molecule has 2 rings (SSSR count). The van der Waals surface area contributed by atoms with Gasteiger partial charge in [0, 0.05) is 17.8 Å². The smallest absolute Gasteiger partial charge is 0.265 e. The predicted molar refractivity (Wildman–Crippen MR) is 67.0 cm³/mol. The van der Waals surface area contributed by atoms with Crippen molar-refractivity contribution in [2.75, 3.05) is 23.8 Å². The summed E-state index contributed by atoms with van der Waals surface area (Å²) < 4.78 is 5.35. The molecule has 0 saturated heterocycles. The van der Waals surface area contributed by atoms with E-state index >= 15 is 0 Å². The molecule has 92 valence electrons. The van der Waals surface area contributed by atoms with Gasteiger partial charge in [0.15, 0.2) is 6.61 Å². The van der Waals surface area contributed by atoms with Crippen molar-refractivity contribution in [3.63, 3.8) is 0 Å². The molecule has 0 fully saturated rings. The number of nitrogen functional groups attached to an aromatic ring is 1. The largest absolute Gasteiger partial charge is 0.482 e. The van der Waals surface area contributed by atoms with Crippen molar-refractivity contribution in [1.82, 2.24) is 0 Å². The Morgan fingerprint density at radius 1 is 1.47 bits per heavy atom. The molecular weight excluding hydrogens is 218 g/mol. The van der Waals surface area contributed by atoms with Crippen molar-refractivity contribution in [2.24, 2.45) is 5.73 Å². The molecule has 0 atom stereocenters. The second-order valence-corrected chi connectivity index (χ2v) is 4.98. The highest BCUT2D eigenvalue weighted by molar-refractivity contribution is 5.98. The zero-order valence-electron chi connectivity index (χ0n) is 10.1. The standard InChI is InChI=1S/C12H17N3O2/c1-12(2,14)7-15-9-5-8(13)3-4-10(9)17-6-11(15)16/h3-5H,6-7,13-14H2,1-2H3. The van der Waals surface area contributed by atoms with E-state index in [0.717, 1.165) is 0 Å². The molecule has 0 aromatic heterocycles. The number of ether oxygens (including phenoxy) is 1. The fourth-order valence-corrected chi connectivity index (χ4v) is 1.80. The number of amides is 1. The molecule has 4 N–H and O–H groups in total. The Hall–Kier alpha value is -1.75. The molecule has 0 radical (unpaired) electrons. The molecule has 0 spiro atoms. The van der Waals surface area contributed by atoms with Gasteiger partial charge in [0.25, 0.3) is 5.91 Å². The van der Waals surface area contributed by atoms with E-state index in [2.05, 4.69) is 0 Å². The highest BCUT2D eigenvalue weighted by atomic mass is 16.5. The summed E-state index contributed by atoms with van der Waals surface area (Å²) in [7, 11) is 0. The van der Waals surface area contributed by atoms with Crippen LogP contribution < -0.4 is 21.1 Å². The minimum atomic E-state index is -0.463. The minimum absolute atomic E-state index is 0.0486. The van der Waals surface area contributed by atoms with E-state index < -0.39 is 5.54 Å². The van der Waals surface area contributed by atoms with Crippen LogP contribution in [0, 0.1) is 0 Å². The highest BCUT2D eigenvalue weighted by Crippen LogP contribution is 2.34. The maximum absolute atomic E-state index is 11.9. The Balaban J connectivity index is 2.39. The van der Waals surface area contributed by atoms with Crippen LogP contribution in [-0.2, 0) is 4.79 Å². The fourth-order valence-electron chi connectivity index (χ4n) is 1.80. The van der Waals surface area contributed by atoms with E-state index in [9.17, 15) is 4.79 Å². The number of nitrogens with two attached hydrogens (primary N) is 2. The quantitative estimate of drug-likeness (QED) is 0.740. The second kappa shape index (κ2) is 3.92. The molecule has 1 aromatic carbocycles. The maximum atomic E-state index is 11.9. The molecule has 1 aromatic rings. The highest BCUT2D eigenvalue weighted by Gasteiger charge is 2.29. The lowest BCUT2D eigenvalue weighted by molar-refractivity contribution is -0.121. The van der Waals surface area contributed by atoms with Crippen molar-refractivity contribution in [3.8, 4) is 5.75 Å². The molecular formula is C12H17N3O2. The van der Waals surface area contributed by atoms with Crippen LogP contribution in [0.1, 0.15) is 13.8 Å². The average Bonchev–Trinajstić information content (AvgIpc) is 2.21. The van der Waals surface area contributed by atoms with Gasteiger partial charge in [-0.05, 0) is 32.0 Å². The number of carbonyl (C=O) groups is 1. The fraction of sp³-hybridized carbons (Fsp3) is 0.417. The van der Waals surface area contributed by atoms with Crippen molar-refractivity contribution < 1.29 is 9.53 Å². The van der Waals surface area contributed by atoms with E-state index in [1.165, 1.54) is 0 Å². The van der Waals surface area contributed by atoms with Crippen LogP contribution >= 0.6 is 0 Å². The summed E-state index contributed by atoms with van der Waals surface area (Å²) in [5, 5.41) is 0. The Morgan fingerprint density at radius 3 is 2.82 bits per heavy atom. The van der Waals surface area contributed by atoms with E-state index in [0.29, 0.717) is 23.7 Å². The van der Waals surface area contributed by atoms with Gasteiger partial charge in [-0.25, -0.2) is 0 Å². The monoisotopic (exact) mass is 235 g/mol. The van der Waals surface area contributed by atoms with Crippen LogP contribution in [0.15, 0.2) is 18.2 Å². The van der Waals surface area contributed by atoms with Crippen LogP contribution in [0.25, 0.3) is 0 Å². The van der Waals surface area contributed by atoms with Gasteiger partial charge in [-0.2, -0.15) is 0 Å². The summed E-state index contributed by atoms with van der Waals surface area (Å²) in [5.41, 5.74) is 12.5. The lowest BCUT2D eigenvalue weighted by Crippen LogP contribution is -2.50. The van der Waals surface area contributed by atoms with E-state index in [1.54, 1.807) is 23.1 Å². The third-order valence-corrected chi connectivity index (χ3v) is 2.49. The number of carbonyl (C=O) groups excluding carboxylic acids is 1. The number of fused-ring (bicyclic) bond motifs is 1. The lowest BCUT2D eigenvalue weighted by atomic mass is 10.1. The number of hydrogen-bond donors (Lipinski definition) is 2. The topological polar surface area (TPSA) is 81.6 Å². The lowest BCUT2D eigenvalue weighted by Gasteiger charge is -2.34. The Bertz CT molecular complexity index is 452. The van der Waals surface area contributed by atoms with Crippen LogP contribution in [0.5, 0.6) is 5.75 Å². The Labute approximate surface area is 100 Å². The maximum Gasteiger partial charge on any atom is 0.265 e. The van der Waals surface area contributed by atoms with Crippen molar-refractivity contribution in [2.45, 2.75) is 19.4 Å². The molecule has 0 saturated carbocycles. The molecule has 1 heterocycles. The number of anilines is 2. The first kappa shape index (κ1) is 11.7. The van der Waals surface area contributed by atoms with Gasteiger partial charge in [-0.3, -0.25) is 4.79 Å². The average molecular weight is 235 g/mol. The van der Waals surface area contributed by atoms with Crippen LogP contribution in [-0.4, -0.2) is 24.6 Å². The predicted octanol–water partition coefficient (Wildman–Crippen LogP) is 0.731. The van der Waals surface area contributed by atoms with Gasteiger partial charge < -0.3 is 21.1 Å². The molecule has 0 aliphatic carbocycles. The molecule has 1 amide bonds. The van der Waals surface area contributed by atoms with Crippen LogP contribution in [0.2, 0.25) is 0 Å². The van der Waals surface area contributed by atoms with Crippen molar-refractivity contribution in [3.05, 3.63) is 18.2 Å². The molecule has 0 unspecified atom stereocenters. The third kappa shape index (κ3) is 2.50. The molecule has 1 aliphatic heterocycles. The van der Waals surface area contributed by atoms with Gasteiger partial charge in [0.2, 0.25) is 0 Å². The minimum Gasteiger partial charge on any atom is -0.482 e. The zero-order valence-corrected chi connectivity index (χ0v) is 10.1. The first-order chi connectivity index (χ1) is 7.87. The van der Waals surface area contributed by atoms with Crippen LogP contribution in [0.3, 0.4) is 0 Å². The first-order valence-electron chi connectivity index (χ1n) is 5.48. The summed E-state index contributed by atoms with van der Waals surface area (Å²) in [5.74, 6) is 0.574. The Morgan fingerprint density at radius 2 is 2.18 bits per heavy atom. The van der Waals surface area contributed by atoms with Gasteiger partial charge in [0.1, 0.15) is 5.75 Å². The summed E-state index contributed by atoms with van der Waals surface area (Å²) in [4.78, 5) is 13.5. The number of nitrogens with zero attached hydrogens (tertiary/aromatic N) is 1.